The molecule has 35 heavy (non-hydrogen) atoms. The lowest BCUT2D eigenvalue weighted by Crippen LogP contribution is -2.38. The molecule has 0 aliphatic carbocycles. The second-order valence-electron chi connectivity index (χ2n) is 8.88. The predicted octanol–water partition coefficient (Wildman–Crippen LogP) is 5.28. The topological polar surface area (TPSA) is 0 Å². The highest BCUT2D eigenvalue weighted by molar-refractivity contribution is 8.00. The number of benzene rings is 5. The number of fused-ring (bicyclic) bond motifs is 1. The van der Waals surface area contributed by atoms with E-state index in [0.717, 1.165) is 6.42 Å². The third-order valence-corrected chi connectivity index (χ3v) is 15.5. The molecule has 6 rings (SSSR count). The summed E-state index contributed by atoms with van der Waals surface area (Å²) in [7, 11) is 0. The van der Waals surface area contributed by atoms with Crippen molar-refractivity contribution in [1.82, 2.24) is 0 Å². The molecule has 0 unspecified atom stereocenters. The first kappa shape index (κ1) is 22.2. The lowest BCUT2D eigenvalue weighted by atomic mass is 10.3. The Kier molecular flexibility index (Phi) is 5.95. The van der Waals surface area contributed by atoms with E-state index in [0.29, 0.717) is 0 Å². The maximum atomic E-state index is 2.66. The van der Waals surface area contributed by atoms with Gasteiger partial charge in [0.15, 0.2) is 0 Å². The van der Waals surface area contributed by atoms with Gasteiger partial charge in [0.2, 0.25) is 0 Å². The molecule has 0 amide bonds. The molecule has 1 aliphatic rings. The van der Waals surface area contributed by atoms with E-state index < -0.39 is 13.8 Å². The highest BCUT2D eigenvalue weighted by Crippen LogP contribution is 2.51. The van der Waals surface area contributed by atoms with Crippen LogP contribution in [0, 0.1) is 0 Å². The largest absolute Gasteiger partial charge is 0.0704 e. The number of hydrogen-bond acceptors (Lipinski definition) is 0. The quantitative estimate of drug-likeness (QED) is 0.303. The van der Waals surface area contributed by atoms with Gasteiger partial charge < -0.3 is 0 Å². The minimum atomic E-state index is -1.98. The maximum absolute atomic E-state index is 2.66. The molecular formula is C33H28P2. The van der Waals surface area contributed by atoms with Gasteiger partial charge >= 0.3 is 0 Å². The van der Waals surface area contributed by atoms with E-state index in [2.05, 4.69) is 157 Å². The van der Waals surface area contributed by atoms with Gasteiger partial charge in [0.05, 0.1) is 0 Å². The molecule has 0 fully saturated rings. The first-order valence-electron chi connectivity index (χ1n) is 12.1. The molecule has 5 aromatic rings. The van der Waals surface area contributed by atoms with Crippen LogP contribution in [0.3, 0.4) is 0 Å². The summed E-state index contributed by atoms with van der Waals surface area (Å²) in [5.41, 5.74) is 0. The van der Waals surface area contributed by atoms with Gasteiger partial charge in [-0.25, -0.2) is 0 Å². The van der Waals surface area contributed by atoms with Crippen LogP contribution in [0.5, 0.6) is 0 Å². The molecule has 5 aromatic carbocycles. The Morgan fingerprint density at radius 1 is 0.314 bits per heavy atom. The predicted molar refractivity (Wildman–Crippen MR) is 161 cm³/mol. The molecule has 0 spiro atoms. The molecule has 1 aliphatic heterocycles. The Bertz CT molecular complexity index is 1340. The molecule has 0 bridgehead atoms. The van der Waals surface area contributed by atoms with Gasteiger partial charge in [0, 0.05) is 0 Å². The van der Waals surface area contributed by atoms with E-state index in [1.165, 1.54) is 31.8 Å². The molecule has 1 heterocycles. The summed E-state index contributed by atoms with van der Waals surface area (Å²) in [6, 6.07) is 54.1. The van der Waals surface area contributed by atoms with Crippen molar-refractivity contribution < 1.29 is 0 Å². The second kappa shape index (κ2) is 9.39. The van der Waals surface area contributed by atoms with Crippen molar-refractivity contribution in [2.75, 3.05) is 0 Å². The fraction of sp³-hybridized carbons (Fsp3) is 0.0303. The summed E-state index contributed by atoms with van der Waals surface area (Å²) in [4.78, 5) is 0. The van der Waals surface area contributed by atoms with Gasteiger partial charge in [-0.15, -0.1) is 0 Å². The van der Waals surface area contributed by atoms with Crippen LogP contribution < -0.4 is 31.8 Å². The van der Waals surface area contributed by atoms with Crippen molar-refractivity contribution in [3.8, 4) is 0 Å². The van der Waals surface area contributed by atoms with Crippen LogP contribution >= 0.6 is 13.8 Å². The number of rotatable bonds is 4. The monoisotopic (exact) mass is 486 g/mol. The minimum Gasteiger partial charge on any atom is -0.0704 e. The summed E-state index contributed by atoms with van der Waals surface area (Å²) >= 11 is 0. The Morgan fingerprint density at radius 2 is 0.571 bits per heavy atom. The smallest absolute Gasteiger partial charge is 0.00803 e. The van der Waals surface area contributed by atoms with Crippen molar-refractivity contribution >= 4 is 57.2 Å². The zero-order valence-corrected chi connectivity index (χ0v) is 21.4. The van der Waals surface area contributed by atoms with Crippen LogP contribution in [-0.2, 0) is 0 Å². The Morgan fingerprint density at radius 3 is 0.857 bits per heavy atom. The van der Waals surface area contributed by atoms with E-state index in [-0.39, 0.29) is 0 Å². The SMILES string of the molecule is C1=P(c2ccccc2)(c2ccccc2)c2ccccc2P(c2ccccc2)(c2ccccc2)=CC1. The lowest BCUT2D eigenvalue weighted by Gasteiger charge is -2.34. The summed E-state index contributed by atoms with van der Waals surface area (Å²) in [6.45, 7) is -3.96. The standard InChI is InChI=1S/C33H28P2/c1-5-16-28(17-6-1)34(29-18-7-2-8-19-29)26-15-27-35(30-20-9-3-10-21-30,31-22-11-4-12-23-31)33-25-14-13-24-32(33)34/h1-14,16-27H,15H2. The average molecular weight is 487 g/mol. The molecule has 2 heteroatoms. The van der Waals surface area contributed by atoms with Crippen molar-refractivity contribution in [2.24, 2.45) is 0 Å². The van der Waals surface area contributed by atoms with E-state index in [9.17, 15) is 0 Å². The van der Waals surface area contributed by atoms with Crippen LogP contribution in [0.4, 0.5) is 0 Å². The molecule has 0 N–H and O–H groups in total. The highest BCUT2D eigenvalue weighted by Gasteiger charge is 2.35. The van der Waals surface area contributed by atoms with Gasteiger partial charge in [-0.1, -0.05) is 157 Å². The van der Waals surface area contributed by atoms with E-state index in [1.807, 2.05) is 0 Å². The van der Waals surface area contributed by atoms with Crippen molar-refractivity contribution in [2.45, 2.75) is 6.42 Å². The second-order valence-corrected chi connectivity index (χ2v) is 15.5. The molecular weight excluding hydrogens is 458 g/mol. The molecule has 0 aromatic heterocycles. The first-order valence-corrected chi connectivity index (χ1v) is 15.9. The number of hydrogen-bond donors (Lipinski definition) is 0. The van der Waals surface area contributed by atoms with Gasteiger partial charge in [0.1, 0.15) is 0 Å². The fourth-order valence-corrected chi connectivity index (χ4v) is 14.5. The summed E-state index contributed by atoms with van der Waals surface area (Å²) in [6.07, 6.45) is 0.962. The maximum Gasteiger partial charge on any atom is -0.00803 e. The minimum absolute atomic E-state index is 0.962. The lowest BCUT2D eigenvalue weighted by molar-refractivity contribution is 1.74. The Balaban J connectivity index is 1.77. The molecule has 0 saturated carbocycles. The summed E-state index contributed by atoms with van der Waals surface area (Å²) < 4.78 is 0. The van der Waals surface area contributed by atoms with Crippen LogP contribution in [0.2, 0.25) is 0 Å². The average Bonchev–Trinajstić information content (AvgIpc) is 3.11. The van der Waals surface area contributed by atoms with Crippen LogP contribution in [0.1, 0.15) is 6.42 Å². The molecule has 0 nitrogen and oxygen atoms in total. The molecule has 170 valence electrons. The zero-order valence-electron chi connectivity index (χ0n) is 19.6. The Hall–Kier alpha value is -3.30. The molecule has 0 radical (unpaired) electrons. The van der Waals surface area contributed by atoms with E-state index >= 15 is 0 Å². The summed E-state index contributed by atoms with van der Waals surface area (Å²) in [5.74, 6) is 5.31. The van der Waals surface area contributed by atoms with Crippen LogP contribution in [0.15, 0.2) is 146 Å². The van der Waals surface area contributed by atoms with Gasteiger partial charge in [-0.05, 0) is 52.0 Å². The van der Waals surface area contributed by atoms with Gasteiger partial charge in [0.25, 0.3) is 0 Å². The van der Waals surface area contributed by atoms with Crippen LogP contribution in [0.25, 0.3) is 0 Å². The Labute approximate surface area is 208 Å². The zero-order chi connectivity index (χ0) is 23.6. The normalized spacial score (nSPS) is 15.7. The molecule has 0 atom stereocenters. The van der Waals surface area contributed by atoms with E-state index in [1.54, 1.807) is 0 Å². The molecule has 0 saturated heterocycles. The third-order valence-electron chi connectivity index (χ3n) is 7.05. The summed E-state index contributed by atoms with van der Waals surface area (Å²) in [5, 5.41) is 8.68. The third kappa shape index (κ3) is 3.61. The van der Waals surface area contributed by atoms with E-state index in [4.69, 9.17) is 0 Å². The fourth-order valence-electron chi connectivity index (χ4n) is 5.55. The van der Waals surface area contributed by atoms with Crippen LogP contribution in [-0.4, -0.2) is 11.6 Å². The van der Waals surface area contributed by atoms with Crippen molar-refractivity contribution in [3.63, 3.8) is 0 Å². The van der Waals surface area contributed by atoms with Crippen molar-refractivity contribution in [1.29, 1.82) is 0 Å². The van der Waals surface area contributed by atoms with Gasteiger partial charge in [-0.2, -0.15) is 0 Å². The first-order chi connectivity index (χ1) is 17.4. The van der Waals surface area contributed by atoms with Crippen molar-refractivity contribution in [3.05, 3.63) is 146 Å². The highest BCUT2D eigenvalue weighted by atomic mass is 31.2. The van der Waals surface area contributed by atoms with Gasteiger partial charge in [-0.3, -0.25) is 0 Å².